The molecule has 0 amide bonds. The topological polar surface area (TPSA) is 63.8 Å². The van der Waals surface area contributed by atoms with Crippen molar-refractivity contribution >= 4 is 22.3 Å². The molecule has 0 bridgehead atoms. The van der Waals surface area contributed by atoms with Crippen LogP contribution in [0.5, 0.6) is 0 Å². The van der Waals surface area contributed by atoms with Crippen molar-refractivity contribution < 1.29 is 0 Å². The Kier molecular flexibility index (Phi) is 2.98. The SMILES string of the molecule is Nc1cccc2ccnc(NCc3ccccn3)c12. The van der Waals surface area contributed by atoms with Crippen molar-refractivity contribution in [1.82, 2.24) is 9.97 Å². The van der Waals surface area contributed by atoms with Crippen LogP contribution in [-0.2, 0) is 6.54 Å². The van der Waals surface area contributed by atoms with Crippen molar-refractivity contribution in [3.8, 4) is 0 Å². The number of anilines is 2. The van der Waals surface area contributed by atoms with Crippen LogP contribution in [-0.4, -0.2) is 9.97 Å². The molecule has 0 unspecified atom stereocenters. The Bertz CT molecular complexity index is 690. The highest BCUT2D eigenvalue weighted by Crippen LogP contribution is 2.26. The minimum atomic E-state index is 0.626. The summed E-state index contributed by atoms with van der Waals surface area (Å²) < 4.78 is 0. The fourth-order valence-electron chi connectivity index (χ4n) is 2.07. The lowest BCUT2D eigenvalue weighted by atomic mass is 10.1. The predicted octanol–water partition coefficient (Wildman–Crippen LogP) is 2.82. The van der Waals surface area contributed by atoms with E-state index in [0.29, 0.717) is 6.54 Å². The number of nitrogens with zero attached hydrogens (tertiary/aromatic N) is 2. The lowest BCUT2D eigenvalue weighted by Crippen LogP contribution is -2.04. The minimum absolute atomic E-state index is 0.626. The first-order chi connectivity index (χ1) is 9.34. The molecule has 19 heavy (non-hydrogen) atoms. The number of nitrogens with two attached hydrogens (primary N) is 1. The van der Waals surface area contributed by atoms with Gasteiger partial charge in [0.05, 0.1) is 12.2 Å². The molecule has 0 aliphatic rings. The number of aromatic nitrogens is 2. The van der Waals surface area contributed by atoms with Crippen LogP contribution < -0.4 is 11.1 Å². The van der Waals surface area contributed by atoms with Crippen LogP contribution in [0.2, 0.25) is 0 Å². The van der Waals surface area contributed by atoms with E-state index in [2.05, 4.69) is 15.3 Å². The van der Waals surface area contributed by atoms with Gasteiger partial charge in [-0.05, 0) is 29.7 Å². The van der Waals surface area contributed by atoms with Crippen LogP contribution >= 0.6 is 0 Å². The molecule has 1 aromatic carbocycles. The first-order valence-electron chi connectivity index (χ1n) is 6.11. The average molecular weight is 250 g/mol. The van der Waals surface area contributed by atoms with E-state index >= 15 is 0 Å². The third-order valence-corrected chi connectivity index (χ3v) is 2.99. The first-order valence-corrected chi connectivity index (χ1v) is 6.11. The maximum Gasteiger partial charge on any atom is 0.136 e. The lowest BCUT2D eigenvalue weighted by molar-refractivity contribution is 1.03. The largest absolute Gasteiger partial charge is 0.398 e. The lowest BCUT2D eigenvalue weighted by Gasteiger charge is -2.10. The third-order valence-electron chi connectivity index (χ3n) is 2.99. The second kappa shape index (κ2) is 4.94. The molecular formula is C15H14N4. The Hall–Kier alpha value is -2.62. The molecule has 3 N–H and O–H groups in total. The molecule has 0 spiro atoms. The Morgan fingerprint density at radius 3 is 2.74 bits per heavy atom. The van der Waals surface area contributed by atoms with Crippen LogP contribution in [0.15, 0.2) is 54.9 Å². The molecule has 2 aromatic heterocycles. The summed E-state index contributed by atoms with van der Waals surface area (Å²) in [5.74, 6) is 0.793. The van der Waals surface area contributed by atoms with Gasteiger partial charge >= 0.3 is 0 Å². The number of rotatable bonds is 3. The maximum atomic E-state index is 6.03. The first kappa shape index (κ1) is 11.5. The van der Waals surface area contributed by atoms with Crippen molar-refractivity contribution in [2.45, 2.75) is 6.54 Å². The van der Waals surface area contributed by atoms with E-state index < -0.39 is 0 Å². The molecule has 4 nitrogen and oxygen atoms in total. The molecule has 3 rings (SSSR count). The van der Waals surface area contributed by atoms with E-state index in [4.69, 9.17) is 5.73 Å². The molecule has 0 aliphatic carbocycles. The second-order valence-corrected chi connectivity index (χ2v) is 4.28. The number of fused-ring (bicyclic) bond motifs is 1. The zero-order valence-electron chi connectivity index (χ0n) is 10.4. The van der Waals surface area contributed by atoms with Crippen LogP contribution in [0.4, 0.5) is 11.5 Å². The van der Waals surface area contributed by atoms with Gasteiger partial charge in [-0.15, -0.1) is 0 Å². The second-order valence-electron chi connectivity index (χ2n) is 4.28. The monoisotopic (exact) mass is 250 g/mol. The van der Waals surface area contributed by atoms with Gasteiger partial charge in [-0.3, -0.25) is 4.98 Å². The molecule has 0 fully saturated rings. The summed E-state index contributed by atoms with van der Waals surface area (Å²) >= 11 is 0. The van der Waals surface area contributed by atoms with Crippen molar-refractivity contribution in [2.24, 2.45) is 0 Å². The van der Waals surface area contributed by atoms with Gasteiger partial charge in [0, 0.05) is 23.5 Å². The predicted molar refractivity (Wildman–Crippen MR) is 77.7 cm³/mol. The van der Waals surface area contributed by atoms with Gasteiger partial charge in [0.1, 0.15) is 5.82 Å². The molecule has 0 radical (unpaired) electrons. The van der Waals surface area contributed by atoms with E-state index in [-0.39, 0.29) is 0 Å². The Balaban J connectivity index is 1.93. The van der Waals surface area contributed by atoms with Crippen molar-refractivity contribution in [3.63, 3.8) is 0 Å². The Labute approximate surface area is 111 Å². The van der Waals surface area contributed by atoms with Crippen molar-refractivity contribution in [3.05, 3.63) is 60.6 Å². The fraction of sp³-hybridized carbons (Fsp3) is 0.0667. The molecular weight excluding hydrogens is 236 g/mol. The van der Waals surface area contributed by atoms with Gasteiger partial charge in [-0.25, -0.2) is 4.98 Å². The minimum Gasteiger partial charge on any atom is -0.398 e. The van der Waals surface area contributed by atoms with Gasteiger partial charge in [0.25, 0.3) is 0 Å². The van der Waals surface area contributed by atoms with E-state index in [1.165, 1.54) is 0 Å². The molecule has 0 atom stereocenters. The highest BCUT2D eigenvalue weighted by Gasteiger charge is 2.05. The number of nitrogen functional groups attached to an aromatic ring is 1. The molecule has 4 heteroatoms. The summed E-state index contributed by atoms with van der Waals surface area (Å²) in [6.07, 6.45) is 3.56. The molecule has 0 saturated carbocycles. The quantitative estimate of drug-likeness (QED) is 0.702. The smallest absolute Gasteiger partial charge is 0.136 e. The molecule has 0 saturated heterocycles. The highest BCUT2D eigenvalue weighted by molar-refractivity contribution is 6.00. The number of hydrogen-bond donors (Lipinski definition) is 2. The summed E-state index contributed by atoms with van der Waals surface area (Å²) in [5, 5.41) is 5.33. The summed E-state index contributed by atoms with van der Waals surface area (Å²) in [6, 6.07) is 13.7. The van der Waals surface area contributed by atoms with Gasteiger partial charge in [0.15, 0.2) is 0 Å². The maximum absolute atomic E-state index is 6.03. The van der Waals surface area contributed by atoms with Gasteiger partial charge < -0.3 is 11.1 Å². The van der Waals surface area contributed by atoms with Crippen molar-refractivity contribution in [1.29, 1.82) is 0 Å². The average Bonchev–Trinajstić information content (AvgIpc) is 2.46. The fourth-order valence-corrected chi connectivity index (χ4v) is 2.07. The van der Waals surface area contributed by atoms with Crippen LogP contribution in [0.3, 0.4) is 0 Å². The van der Waals surface area contributed by atoms with Gasteiger partial charge in [-0.1, -0.05) is 18.2 Å². The normalized spacial score (nSPS) is 10.5. The summed E-state index contributed by atoms with van der Waals surface area (Å²) in [4.78, 5) is 8.64. The van der Waals surface area contributed by atoms with Crippen LogP contribution in [0, 0.1) is 0 Å². The highest BCUT2D eigenvalue weighted by atomic mass is 15.0. The van der Waals surface area contributed by atoms with E-state index in [1.54, 1.807) is 12.4 Å². The zero-order chi connectivity index (χ0) is 13.1. The third kappa shape index (κ3) is 2.33. The molecule has 2 heterocycles. The van der Waals surface area contributed by atoms with Crippen LogP contribution in [0.25, 0.3) is 10.8 Å². The number of hydrogen-bond acceptors (Lipinski definition) is 4. The molecule has 3 aromatic rings. The van der Waals surface area contributed by atoms with Crippen LogP contribution in [0.1, 0.15) is 5.69 Å². The van der Waals surface area contributed by atoms with E-state index in [1.807, 2.05) is 42.5 Å². The van der Waals surface area contributed by atoms with Crippen molar-refractivity contribution in [2.75, 3.05) is 11.1 Å². The molecule has 0 aliphatic heterocycles. The summed E-state index contributed by atoms with van der Waals surface area (Å²) in [7, 11) is 0. The number of nitrogens with one attached hydrogen (secondary N) is 1. The summed E-state index contributed by atoms with van der Waals surface area (Å²) in [6.45, 7) is 0.626. The number of pyridine rings is 2. The van der Waals surface area contributed by atoms with E-state index in [9.17, 15) is 0 Å². The van der Waals surface area contributed by atoms with Gasteiger partial charge in [-0.2, -0.15) is 0 Å². The Morgan fingerprint density at radius 2 is 1.89 bits per heavy atom. The zero-order valence-corrected chi connectivity index (χ0v) is 10.4. The summed E-state index contributed by atoms with van der Waals surface area (Å²) in [5.41, 5.74) is 7.73. The molecule has 94 valence electrons. The van der Waals surface area contributed by atoms with E-state index in [0.717, 1.165) is 28.0 Å². The number of benzene rings is 1. The standard InChI is InChI=1S/C15H14N4/c16-13-6-3-4-11-7-9-18-15(14(11)13)19-10-12-5-1-2-8-17-12/h1-9H,10,16H2,(H,18,19). The Morgan fingerprint density at radius 1 is 0.947 bits per heavy atom. The van der Waals surface area contributed by atoms with Gasteiger partial charge in [0.2, 0.25) is 0 Å².